The van der Waals surface area contributed by atoms with E-state index in [2.05, 4.69) is 30.3 Å². The topological polar surface area (TPSA) is 119 Å². The number of hydrogen-bond acceptors (Lipinski definition) is 9. The molecule has 36 heavy (non-hydrogen) atoms. The van der Waals surface area contributed by atoms with Crippen LogP contribution in [0.2, 0.25) is 0 Å². The molecule has 9 nitrogen and oxygen atoms in total. The van der Waals surface area contributed by atoms with Gasteiger partial charge in [0.2, 0.25) is 11.7 Å². The van der Waals surface area contributed by atoms with E-state index in [9.17, 15) is 13.2 Å². The predicted molar refractivity (Wildman–Crippen MR) is 129 cm³/mol. The Balaban J connectivity index is 1.60. The van der Waals surface area contributed by atoms with Crippen molar-refractivity contribution in [1.82, 2.24) is 25.1 Å². The van der Waals surface area contributed by atoms with Crippen molar-refractivity contribution in [2.75, 3.05) is 29.0 Å². The third kappa shape index (κ3) is 4.62. The minimum absolute atomic E-state index is 0.0314. The summed E-state index contributed by atoms with van der Waals surface area (Å²) in [5, 5.41) is 7.91. The van der Waals surface area contributed by atoms with E-state index in [0.29, 0.717) is 51.3 Å². The Bertz CT molecular complexity index is 1430. The molecule has 1 saturated heterocycles. The number of benzene rings is 1. The van der Waals surface area contributed by atoms with Crippen molar-refractivity contribution in [2.24, 2.45) is 0 Å². The van der Waals surface area contributed by atoms with Gasteiger partial charge in [-0.1, -0.05) is 5.16 Å². The molecule has 0 bridgehead atoms. The zero-order valence-electron chi connectivity index (χ0n) is 20.0. The molecule has 3 aromatic heterocycles. The molecule has 0 aliphatic carbocycles. The highest BCUT2D eigenvalue weighted by Gasteiger charge is 2.31. The fourth-order valence-electron chi connectivity index (χ4n) is 4.39. The van der Waals surface area contributed by atoms with E-state index >= 15 is 0 Å². The second-order valence-electron chi connectivity index (χ2n) is 8.93. The van der Waals surface area contributed by atoms with Gasteiger partial charge in [0.15, 0.2) is 5.65 Å². The monoisotopic (exact) mass is 498 g/mol. The number of nitrogens with zero attached hydrogens (tertiary/aromatic N) is 6. The maximum Gasteiger partial charge on any atom is 0.416 e. The standard InChI is InChI=1S/C24H25F3N8O/c1-12(15-8-16(24(25,26)27)10-17(28)9-15)29-20-18-11-19(22-32-14(3)36-34-22)23(35-6-4-5-7-35)33-21(18)31-13(2)30-20/h8-12H,4-7,28H2,1-3H3,(H,29,30,31,33)/t12-/m1/s1. The highest BCUT2D eigenvalue weighted by Crippen LogP contribution is 2.36. The summed E-state index contributed by atoms with van der Waals surface area (Å²) in [6.07, 6.45) is -2.40. The van der Waals surface area contributed by atoms with Crippen molar-refractivity contribution in [1.29, 1.82) is 0 Å². The van der Waals surface area contributed by atoms with Crippen molar-refractivity contribution in [3.8, 4) is 11.4 Å². The van der Waals surface area contributed by atoms with Crippen molar-refractivity contribution in [3.63, 3.8) is 0 Å². The first-order valence-electron chi connectivity index (χ1n) is 11.6. The molecular formula is C24H25F3N8O. The number of fused-ring (bicyclic) bond motifs is 1. The molecule has 1 atom stereocenters. The number of nitrogens with two attached hydrogens (primary N) is 1. The summed E-state index contributed by atoms with van der Waals surface area (Å²) in [7, 11) is 0. The largest absolute Gasteiger partial charge is 0.416 e. The number of alkyl halides is 3. The fourth-order valence-corrected chi connectivity index (χ4v) is 4.39. The minimum atomic E-state index is -4.50. The van der Waals surface area contributed by atoms with E-state index in [1.54, 1.807) is 20.8 Å². The number of halogens is 3. The van der Waals surface area contributed by atoms with E-state index in [1.807, 2.05) is 6.07 Å². The van der Waals surface area contributed by atoms with E-state index in [0.717, 1.165) is 38.1 Å². The second-order valence-corrected chi connectivity index (χ2v) is 8.93. The highest BCUT2D eigenvalue weighted by molar-refractivity contribution is 5.93. The normalized spacial score (nSPS) is 15.0. The van der Waals surface area contributed by atoms with Gasteiger partial charge in [-0.3, -0.25) is 0 Å². The molecule has 1 aromatic carbocycles. The molecule has 0 spiro atoms. The number of nitrogens with one attached hydrogen (secondary N) is 1. The molecule has 0 radical (unpaired) electrons. The summed E-state index contributed by atoms with van der Waals surface area (Å²) in [4.78, 5) is 20.5. The number of aromatic nitrogens is 5. The van der Waals surface area contributed by atoms with Crippen LogP contribution in [-0.4, -0.2) is 38.2 Å². The molecule has 4 aromatic rings. The lowest BCUT2D eigenvalue weighted by molar-refractivity contribution is -0.137. The smallest absolute Gasteiger partial charge is 0.399 e. The molecule has 1 aliphatic rings. The van der Waals surface area contributed by atoms with Crippen LogP contribution in [0.25, 0.3) is 22.4 Å². The minimum Gasteiger partial charge on any atom is -0.399 e. The number of aryl methyl sites for hydroxylation is 2. The first kappa shape index (κ1) is 23.8. The molecule has 0 saturated carbocycles. The van der Waals surface area contributed by atoms with Gasteiger partial charge in [0.1, 0.15) is 17.5 Å². The van der Waals surface area contributed by atoms with Gasteiger partial charge in [0, 0.05) is 25.7 Å². The number of pyridine rings is 1. The van der Waals surface area contributed by atoms with Crippen molar-refractivity contribution in [3.05, 3.63) is 47.1 Å². The Labute approximate surface area is 204 Å². The van der Waals surface area contributed by atoms with Crippen LogP contribution in [-0.2, 0) is 6.18 Å². The van der Waals surface area contributed by atoms with Crippen LogP contribution in [0.3, 0.4) is 0 Å². The van der Waals surface area contributed by atoms with Gasteiger partial charge in [-0.25, -0.2) is 15.0 Å². The molecule has 4 heterocycles. The van der Waals surface area contributed by atoms with E-state index in [4.69, 9.17) is 15.2 Å². The van der Waals surface area contributed by atoms with Gasteiger partial charge < -0.3 is 20.5 Å². The quantitative estimate of drug-likeness (QED) is 0.364. The molecule has 188 valence electrons. The lowest BCUT2D eigenvalue weighted by atomic mass is 10.0. The summed E-state index contributed by atoms with van der Waals surface area (Å²) in [6, 6.07) is 4.84. The van der Waals surface area contributed by atoms with E-state index < -0.39 is 17.8 Å². The summed E-state index contributed by atoms with van der Waals surface area (Å²) >= 11 is 0. The zero-order valence-corrected chi connectivity index (χ0v) is 20.0. The Kier molecular flexibility index (Phi) is 5.89. The van der Waals surface area contributed by atoms with E-state index in [1.165, 1.54) is 6.07 Å². The number of hydrogen-bond donors (Lipinski definition) is 2. The molecule has 5 rings (SSSR count). The van der Waals surface area contributed by atoms with Crippen LogP contribution >= 0.6 is 0 Å². The molecule has 0 amide bonds. The molecule has 0 unspecified atom stereocenters. The van der Waals surface area contributed by atoms with Crippen LogP contribution in [0.15, 0.2) is 28.8 Å². The van der Waals surface area contributed by atoms with Crippen LogP contribution < -0.4 is 16.0 Å². The van der Waals surface area contributed by atoms with Gasteiger partial charge in [-0.2, -0.15) is 18.2 Å². The summed E-state index contributed by atoms with van der Waals surface area (Å²) in [5.74, 6) is 2.44. The van der Waals surface area contributed by atoms with Crippen LogP contribution in [0.4, 0.5) is 30.5 Å². The lowest BCUT2D eigenvalue weighted by Crippen LogP contribution is -2.20. The van der Waals surface area contributed by atoms with Crippen molar-refractivity contribution in [2.45, 2.75) is 45.8 Å². The molecule has 12 heteroatoms. The van der Waals surface area contributed by atoms with Gasteiger partial charge >= 0.3 is 6.18 Å². The Morgan fingerprint density at radius 2 is 1.78 bits per heavy atom. The maximum absolute atomic E-state index is 13.3. The summed E-state index contributed by atoms with van der Waals surface area (Å²) < 4.78 is 45.2. The second kappa shape index (κ2) is 8.92. The van der Waals surface area contributed by atoms with Crippen LogP contribution in [0, 0.1) is 13.8 Å². The summed E-state index contributed by atoms with van der Waals surface area (Å²) in [5.41, 5.74) is 6.52. The van der Waals surface area contributed by atoms with Crippen molar-refractivity contribution >= 4 is 28.4 Å². The Hall–Kier alpha value is -3.96. The predicted octanol–water partition coefficient (Wildman–Crippen LogP) is 5.07. The Morgan fingerprint density at radius 1 is 1.03 bits per heavy atom. The zero-order chi connectivity index (χ0) is 25.6. The summed E-state index contributed by atoms with van der Waals surface area (Å²) in [6.45, 7) is 6.90. The number of anilines is 3. The third-order valence-electron chi connectivity index (χ3n) is 6.11. The van der Waals surface area contributed by atoms with Gasteiger partial charge in [0.25, 0.3) is 0 Å². The van der Waals surface area contributed by atoms with E-state index in [-0.39, 0.29) is 5.69 Å². The van der Waals surface area contributed by atoms with Crippen molar-refractivity contribution < 1.29 is 17.7 Å². The lowest BCUT2D eigenvalue weighted by Gasteiger charge is -2.21. The van der Waals surface area contributed by atoms with Gasteiger partial charge in [-0.05, 0) is 56.5 Å². The SMILES string of the molecule is Cc1nc(N[C@H](C)c2cc(N)cc(C(F)(F)F)c2)c2cc(-c3noc(C)n3)c(N3CCCC3)nc2n1. The fraction of sp³-hybridized carbons (Fsp3) is 0.375. The number of nitrogen functional groups attached to an aromatic ring is 1. The maximum atomic E-state index is 13.3. The van der Waals surface area contributed by atoms with Crippen LogP contribution in [0.5, 0.6) is 0 Å². The third-order valence-corrected chi connectivity index (χ3v) is 6.11. The average molecular weight is 499 g/mol. The molecule has 1 fully saturated rings. The average Bonchev–Trinajstić information content (AvgIpc) is 3.49. The van der Waals surface area contributed by atoms with Gasteiger partial charge in [-0.15, -0.1) is 0 Å². The first-order valence-corrected chi connectivity index (χ1v) is 11.6. The highest BCUT2D eigenvalue weighted by atomic mass is 19.4. The van der Waals surface area contributed by atoms with Crippen LogP contribution in [0.1, 0.15) is 48.6 Å². The molecule has 3 N–H and O–H groups in total. The number of rotatable bonds is 5. The molecular weight excluding hydrogens is 473 g/mol. The molecule has 1 aliphatic heterocycles. The first-order chi connectivity index (χ1) is 17.1. The Morgan fingerprint density at radius 3 is 2.44 bits per heavy atom. The van der Waals surface area contributed by atoms with Gasteiger partial charge in [0.05, 0.1) is 22.6 Å².